The van der Waals surface area contributed by atoms with Crippen molar-refractivity contribution in [1.82, 2.24) is 9.88 Å². The molecule has 0 radical (unpaired) electrons. The second-order valence-electron chi connectivity index (χ2n) is 7.32. The number of likely N-dealkylation sites (N-methyl/N-ethyl adjacent to an activating group) is 1. The van der Waals surface area contributed by atoms with Gasteiger partial charge in [0.05, 0.1) is 11.8 Å². The van der Waals surface area contributed by atoms with Crippen molar-refractivity contribution in [1.29, 1.82) is 0 Å². The predicted octanol–water partition coefficient (Wildman–Crippen LogP) is 4.92. The van der Waals surface area contributed by atoms with Crippen LogP contribution in [0.1, 0.15) is 31.4 Å². The molecule has 1 heterocycles. The van der Waals surface area contributed by atoms with Crippen LogP contribution in [0.5, 0.6) is 5.75 Å². The highest BCUT2D eigenvalue weighted by molar-refractivity contribution is 7.22. The first-order valence-corrected chi connectivity index (χ1v) is 11.4. The molecule has 3 rings (SSSR count). The average molecular weight is 426 g/mol. The molecule has 1 amide bonds. The summed E-state index contributed by atoms with van der Waals surface area (Å²) in [6.07, 6.45) is 1.20. The van der Waals surface area contributed by atoms with Gasteiger partial charge in [-0.05, 0) is 43.6 Å². The second-order valence-corrected chi connectivity index (χ2v) is 8.29. The zero-order chi connectivity index (χ0) is 21.5. The number of fused-ring (bicyclic) bond motifs is 1. The van der Waals surface area contributed by atoms with E-state index in [1.165, 1.54) is 5.56 Å². The van der Waals surface area contributed by atoms with Crippen molar-refractivity contribution < 1.29 is 9.53 Å². The maximum absolute atomic E-state index is 13.3. The number of amides is 1. The van der Waals surface area contributed by atoms with E-state index in [4.69, 9.17) is 9.72 Å². The van der Waals surface area contributed by atoms with Gasteiger partial charge in [-0.25, -0.2) is 4.98 Å². The van der Waals surface area contributed by atoms with Gasteiger partial charge < -0.3 is 9.64 Å². The Hall–Kier alpha value is -2.44. The van der Waals surface area contributed by atoms with Crippen molar-refractivity contribution in [2.45, 2.75) is 33.6 Å². The Morgan fingerprint density at radius 1 is 1.07 bits per heavy atom. The minimum absolute atomic E-state index is 0.113. The van der Waals surface area contributed by atoms with Crippen molar-refractivity contribution in [3.05, 3.63) is 53.6 Å². The molecule has 2 aromatic carbocycles. The minimum atomic E-state index is 0.113. The lowest BCUT2D eigenvalue weighted by Crippen LogP contribution is -2.39. The fourth-order valence-electron chi connectivity index (χ4n) is 3.52. The Bertz CT molecular complexity index is 967. The monoisotopic (exact) mass is 425 g/mol. The molecule has 5 nitrogen and oxygen atoms in total. The van der Waals surface area contributed by atoms with Gasteiger partial charge in [0.2, 0.25) is 5.91 Å². The van der Waals surface area contributed by atoms with Crippen LogP contribution in [-0.4, -0.2) is 49.1 Å². The lowest BCUT2D eigenvalue weighted by molar-refractivity contribution is -0.118. The van der Waals surface area contributed by atoms with Crippen molar-refractivity contribution in [3.8, 4) is 5.75 Å². The fraction of sp³-hybridized carbons (Fsp3) is 0.417. The molecule has 160 valence electrons. The van der Waals surface area contributed by atoms with E-state index in [1.807, 2.05) is 35.2 Å². The number of carbonyl (C=O) groups is 1. The molecule has 0 fully saturated rings. The molecule has 0 aliphatic rings. The van der Waals surface area contributed by atoms with E-state index in [-0.39, 0.29) is 5.91 Å². The lowest BCUT2D eigenvalue weighted by Gasteiger charge is -2.24. The molecule has 0 N–H and O–H groups in total. The Morgan fingerprint density at radius 2 is 1.80 bits per heavy atom. The van der Waals surface area contributed by atoms with E-state index >= 15 is 0 Å². The van der Waals surface area contributed by atoms with E-state index in [1.54, 1.807) is 18.4 Å². The van der Waals surface area contributed by atoms with Crippen LogP contribution in [0.4, 0.5) is 5.13 Å². The van der Waals surface area contributed by atoms with Crippen molar-refractivity contribution >= 4 is 32.6 Å². The molecule has 6 heteroatoms. The average Bonchev–Trinajstić information content (AvgIpc) is 3.22. The molecule has 30 heavy (non-hydrogen) atoms. The summed E-state index contributed by atoms with van der Waals surface area (Å²) in [6, 6.07) is 14.2. The van der Waals surface area contributed by atoms with E-state index in [2.05, 4.69) is 37.8 Å². The van der Waals surface area contributed by atoms with Gasteiger partial charge in [-0.2, -0.15) is 0 Å². The Balaban J connectivity index is 1.87. The number of methoxy groups -OCH3 is 1. The first-order chi connectivity index (χ1) is 14.6. The van der Waals surface area contributed by atoms with Gasteiger partial charge in [0, 0.05) is 19.5 Å². The van der Waals surface area contributed by atoms with Crippen LogP contribution < -0.4 is 9.64 Å². The van der Waals surface area contributed by atoms with Gasteiger partial charge in [-0.3, -0.25) is 9.69 Å². The first-order valence-electron chi connectivity index (χ1n) is 10.6. The SMILES string of the molecule is CCN(CC)CCN(C(=O)CCc1ccccc1)c1nc2c(OC)ccc(C)c2s1. The normalized spacial score (nSPS) is 11.2. The van der Waals surface area contributed by atoms with Gasteiger partial charge in [0.15, 0.2) is 5.13 Å². The smallest absolute Gasteiger partial charge is 0.229 e. The fourth-order valence-corrected chi connectivity index (χ4v) is 4.61. The number of carbonyl (C=O) groups excluding carboxylic acids is 1. The van der Waals surface area contributed by atoms with Crippen molar-refractivity contribution in [2.24, 2.45) is 0 Å². The van der Waals surface area contributed by atoms with Gasteiger partial charge in [-0.1, -0.05) is 61.6 Å². The summed E-state index contributed by atoms with van der Waals surface area (Å²) in [7, 11) is 1.66. The van der Waals surface area contributed by atoms with Crippen LogP contribution in [-0.2, 0) is 11.2 Å². The summed E-state index contributed by atoms with van der Waals surface area (Å²) in [6.45, 7) is 9.77. The number of thiazole rings is 1. The zero-order valence-corrected chi connectivity index (χ0v) is 19.2. The molecule has 1 aromatic heterocycles. The van der Waals surface area contributed by atoms with Crippen LogP contribution in [0.3, 0.4) is 0 Å². The summed E-state index contributed by atoms with van der Waals surface area (Å²) < 4.78 is 6.58. The highest BCUT2D eigenvalue weighted by atomic mass is 32.1. The number of hydrogen-bond donors (Lipinski definition) is 0. The number of hydrogen-bond acceptors (Lipinski definition) is 5. The van der Waals surface area contributed by atoms with Gasteiger partial charge in [0.25, 0.3) is 0 Å². The van der Waals surface area contributed by atoms with Crippen LogP contribution in [0, 0.1) is 6.92 Å². The van der Waals surface area contributed by atoms with Crippen LogP contribution >= 0.6 is 11.3 Å². The summed E-state index contributed by atoms with van der Waals surface area (Å²) in [5, 5.41) is 0.753. The van der Waals surface area contributed by atoms with Crippen LogP contribution in [0.15, 0.2) is 42.5 Å². The van der Waals surface area contributed by atoms with Gasteiger partial charge in [-0.15, -0.1) is 0 Å². The molecule has 0 aliphatic carbocycles. The first kappa shape index (κ1) is 22.2. The quantitative estimate of drug-likeness (QED) is 0.462. The third kappa shape index (κ3) is 5.18. The third-order valence-corrected chi connectivity index (χ3v) is 6.66. The molecule has 0 aliphatic heterocycles. The number of aryl methyl sites for hydroxylation is 2. The maximum atomic E-state index is 13.3. The number of anilines is 1. The maximum Gasteiger partial charge on any atom is 0.229 e. The molecule has 0 atom stereocenters. The highest BCUT2D eigenvalue weighted by Crippen LogP contribution is 2.36. The molecule has 0 spiro atoms. The molecular formula is C24H31N3O2S. The zero-order valence-electron chi connectivity index (χ0n) is 18.4. The predicted molar refractivity (Wildman–Crippen MR) is 126 cm³/mol. The van der Waals surface area contributed by atoms with Crippen molar-refractivity contribution in [2.75, 3.05) is 38.2 Å². The number of benzene rings is 2. The highest BCUT2D eigenvalue weighted by Gasteiger charge is 2.22. The van der Waals surface area contributed by atoms with Gasteiger partial charge >= 0.3 is 0 Å². The van der Waals surface area contributed by atoms with E-state index in [9.17, 15) is 4.79 Å². The van der Waals surface area contributed by atoms with Gasteiger partial charge in [0.1, 0.15) is 11.3 Å². The summed E-state index contributed by atoms with van der Waals surface area (Å²) in [5.74, 6) is 0.861. The topological polar surface area (TPSA) is 45.7 Å². The molecule has 0 unspecified atom stereocenters. The summed E-state index contributed by atoms with van der Waals surface area (Å²) in [4.78, 5) is 22.3. The van der Waals surface area contributed by atoms with Crippen molar-refractivity contribution in [3.63, 3.8) is 0 Å². The van der Waals surface area contributed by atoms with Crippen LogP contribution in [0.25, 0.3) is 10.2 Å². The Morgan fingerprint density at radius 3 is 2.47 bits per heavy atom. The molecule has 0 saturated heterocycles. The number of nitrogens with zero attached hydrogens (tertiary/aromatic N) is 3. The van der Waals surface area contributed by atoms with E-state index in [0.29, 0.717) is 13.0 Å². The molecule has 3 aromatic rings. The minimum Gasteiger partial charge on any atom is -0.494 e. The number of aromatic nitrogens is 1. The Labute approximate surface area is 183 Å². The second kappa shape index (κ2) is 10.5. The van der Waals surface area contributed by atoms with E-state index in [0.717, 1.165) is 52.7 Å². The number of rotatable bonds is 10. The molecule has 0 saturated carbocycles. The van der Waals surface area contributed by atoms with E-state index < -0.39 is 0 Å². The lowest BCUT2D eigenvalue weighted by atomic mass is 10.1. The summed E-state index contributed by atoms with van der Waals surface area (Å²) >= 11 is 1.57. The van der Waals surface area contributed by atoms with Crippen LogP contribution in [0.2, 0.25) is 0 Å². The number of ether oxygens (including phenoxy) is 1. The standard InChI is InChI=1S/C24H31N3O2S/c1-5-26(6-2)16-17-27(21(28)15-13-19-10-8-7-9-11-19)24-25-22-20(29-4)14-12-18(3)23(22)30-24/h7-12,14H,5-6,13,15-17H2,1-4H3. The molecule has 0 bridgehead atoms. The Kier molecular flexibility index (Phi) is 7.82. The molecular weight excluding hydrogens is 394 g/mol. The largest absolute Gasteiger partial charge is 0.494 e. The third-order valence-electron chi connectivity index (χ3n) is 5.45. The summed E-state index contributed by atoms with van der Waals surface area (Å²) in [5.41, 5.74) is 3.16.